The Labute approximate surface area is 161 Å². The molecule has 0 saturated carbocycles. The van der Waals surface area contributed by atoms with Crippen LogP contribution in [0, 0.1) is 18.8 Å². The van der Waals surface area contributed by atoms with Crippen molar-refractivity contribution in [1.29, 1.82) is 0 Å². The molecule has 27 heavy (non-hydrogen) atoms. The normalized spacial score (nSPS) is 21.8. The molecular formula is C24H24N2O. The first-order valence-corrected chi connectivity index (χ1v) is 9.40. The molecule has 2 N–H and O–H groups in total. The first-order valence-electron chi connectivity index (χ1n) is 9.40. The number of rotatable bonds is 1. The lowest BCUT2D eigenvalue weighted by atomic mass is 9.96. The Morgan fingerprint density at radius 3 is 2.93 bits per heavy atom. The fourth-order valence-electron chi connectivity index (χ4n) is 3.43. The molecule has 0 atom stereocenters. The molecule has 4 rings (SSSR count). The van der Waals surface area contributed by atoms with E-state index in [1.807, 2.05) is 0 Å². The van der Waals surface area contributed by atoms with Crippen LogP contribution >= 0.6 is 0 Å². The summed E-state index contributed by atoms with van der Waals surface area (Å²) in [6.07, 6.45) is 11.6. The minimum Gasteiger partial charge on any atom is -0.487 e. The van der Waals surface area contributed by atoms with Gasteiger partial charge in [0.1, 0.15) is 12.4 Å². The van der Waals surface area contributed by atoms with Crippen molar-refractivity contribution in [3.8, 4) is 17.6 Å². The summed E-state index contributed by atoms with van der Waals surface area (Å²) in [6, 6.07) is 6.24. The molecule has 3 nitrogen and oxygen atoms in total. The zero-order valence-corrected chi connectivity index (χ0v) is 15.9. The number of hydrogen-bond donors (Lipinski definition) is 2. The summed E-state index contributed by atoms with van der Waals surface area (Å²) >= 11 is 0. The Balaban J connectivity index is 1.65. The van der Waals surface area contributed by atoms with Crippen LogP contribution < -0.4 is 15.4 Å². The number of anilines is 1. The van der Waals surface area contributed by atoms with Crippen molar-refractivity contribution < 1.29 is 4.74 Å². The highest BCUT2D eigenvalue weighted by Crippen LogP contribution is 2.28. The molecule has 1 aliphatic carbocycles. The number of benzene rings is 1. The largest absolute Gasteiger partial charge is 0.487 e. The van der Waals surface area contributed by atoms with Crippen LogP contribution in [0.25, 0.3) is 0 Å². The first-order chi connectivity index (χ1) is 13.2. The monoisotopic (exact) mass is 356 g/mol. The van der Waals surface area contributed by atoms with E-state index < -0.39 is 0 Å². The minimum atomic E-state index is 0.510. The molecule has 3 heteroatoms. The molecule has 136 valence electrons. The van der Waals surface area contributed by atoms with Crippen molar-refractivity contribution in [1.82, 2.24) is 5.32 Å². The molecule has 0 amide bonds. The smallest absolute Gasteiger partial charge is 0.143 e. The molecule has 0 bridgehead atoms. The van der Waals surface area contributed by atoms with E-state index in [4.69, 9.17) is 4.74 Å². The van der Waals surface area contributed by atoms with E-state index >= 15 is 0 Å². The lowest BCUT2D eigenvalue weighted by Gasteiger charge is -2.18. The molecule has 0 unspecified atom stereocenters. The highest BCUT2D eigenvalue weighted by molar-refractivity contribution is 5.61. The van der Waals surface area contributed by atoms with Crippen LogP contribution in [-0.4, -0.2) is 19.7 Å². The highest BCUT2D eigenvalue weighted by Gasteiger charge is 2.14. The van der Waals surface area contributed by atoms with E-state index in [1.165, 1.54) is 22.4 Å². The second kappa shape index (κ2) is 7.63. The molecule has 0 radical (unpaired) electrons. The van der Waals surface area contributed by atoms with Crippen LogP contribution in [0.3, 0.4) is 0 Å². The number of fused-ring (bicyclic) bond motifs is 1. The average molecular weight is 356 g/mol. The SMILES string of the molecule is CC1=CCNC2=C1C=C(C1=C/COc3cc(C)ccc3NC/C=C\1)C#CC2. The molecule has 1 aromatic carbocycles. The maximum atomic E-state index is 6.04. The summed E-state index contributed by atoms with van der Waals surface area (Å²) in [5.74, 6) is 7.54. The van der Waals surface area contributed by atoms with E-state index in [-0.39, 0.29) is 0 Å². The van der Waals surface area contributed by atoms with Gasteiger partial charge >= 0.3 is 0 Å². The lowest BCUT2D eigenvalue weighted by Crippen LogP contribution is -2.19. The summed E-state index contributed by atoms with van der Waals surface area (Å²) in [7, 11) is 0. The molecule has 3 aliphatic rings. The summed E-state index contributed by atoms with van der Waals surface area (Å²) in [4.78, 5) is 0. The first kappa shape index (κ1) is 17.3. The van der Waals surface area contributed by atoms with E-state index in [0.717, 1.165) is 42.1 Å². The van der Waals surface area contributed by atoms with Crippen LogP contribution in [-0.2, 0) is 0 Å². The third-order valence-corrected chi connectivity index (χ3v) is 4.95. The predicted octanol–water partition coefficient (Wildman–Crippen LogP) is 4.42. The van der Waals surface area contributed by atoms with Gasteiger partial charge in [-0.1, -0.05) is 36.1 Å². The second-order valence-electron chi connectivity index (χ2n) is 6.95. The van der Waals surface area contributed by atoms with Crippen molar-refractivity contribution in [3.63, 3.8) is 0 Å². The van der Waals surface area contributed by atoms with Gasteiger partial charge in [-0.3, -0.25) is 0 Å². The molecule has 2 heterocycles. The molecule has 2 aliphatic heterocycles. The van der Waals surface area contributed by atoms with Gasteiger partial charge in [0.05, 0.1) is 5.69 Å². The predicted molar refractivity (Wildman–Crippen MR) is 112 cm³/mol. The molecule has 0 spiro atoms. The molecule has 0 aromatic heterocycles. The van der Waals surface area contributed by atoms with Gasteiger partial charge in [-0.15, -0.1) is 0 Å². The van der Waals surface area contributed by atoms with Crippen LogP contribution in [0.15, 0.2) is 76.6 Å². The van der Waals surface area contributed by atoms with Gasteiger partial charge in [0, 0.05) is 30.8 Å². The van der Waals surface area contributed by atoms with Crippen molar-refractivity contribution >= 4 is 5.69 Å². The standard InChI is InChI=1S/C24H24N2O/c1-17-8-9-23-24(15-17)27-14-11-19(6-4-12-25-23)20-5-3-7-22-21(16-20)18(2)10-13-26-22/h4,6,8-11,15-16,25-26H,7,12-14H2,1-2H3/b6-4-,19-11+. The minimum absolute atomic E-state index is 0.510. The third-order valence-electron chi connectivity index (χ3n) is 4.95. The number of nitrogens with one attached hydrogen (secondary N) is 2. The fraction of sp³-hybridized carbons (Fsp3) is 0.250. The number of ether oxygens (including phenoxy) is 1. The Hall–Kier alpha value is -3.12. The van der Waals surface area contributed by atoms with Gasteiger partial charge in [0.25, 0.3) is 0 Å². The van der Waals surface area contributed by atoms with Crippen molar-refractivity contribution in [3.05, 3.63) is 82.1 Å². The maximum absolute atomic E-state index is 6.04. The lowest BCUT2D eigenvalue weighted by molar-refractivity contribution is 0.363. The number of hydrogen-bond acceptors (Lipinski definition) is 3. The molecule has 1 aromatic rings. The van der Waals surface area contributed by atoms with E-state index in [1.54, 1.807) is 0 Å². The number of aryl methyl sites for hydroxylation is 1. The number of allylic oxidation sites excluding steroid dienone is 7. The topological polar surface area (TPSA) is 33.3 Å². The summed E-state index contributed by atoms with van der Waals surface area (Å²) < 4.78 is 6.04. The molecule has 0 saturated heterocycles. The Morgan fingerprint density at radius 2 is 2.00 bits per heavy atom. The van der Waals surface area contributed by atoms with Gasteiger partial charge in [-0.05, 0) is 60.4 Å². The summed E-state index contributed by atoms with van der Waals surface area (Å²) in [5, 5.41) is 6.88. The average Bonchev–Trinajstić information content (AvgIpc) is 2.89. The quantitative estimate of drug-likeness (QED) is 0.731. The summed E-state index contributed by atoms with van der Waals surface area (Å²) in [6.45, 7) is 6.38. The van der Waals surface area contributed by atoms with Crippen LogP contribution in [0.5, 0.6) is 5.75 Å². The van der Waals surface area contributed by atoms with Gasteiger partial charge < -0.3 is 15.4 Å². The highest BCUT2D eigenvalue weighted by atomic mass is 16.5. The number of dihydropyridines is 1. The maximum Gasteiger partial charge on any atom is 0.143 e. The van der Waals surface area contributed by atoms with Crippen LogP contribution in [0.1, 0.15) is 18.9 Å². The van der Waals surface area contributed by atoms with E-state index in [9.17, 15) is 0 Å². The van der Waals surface area contributed by atoms with Crippen LogP contribution in [0.4, 0.5) is 5.69 Å². The molecule has 0 fully saturated rings. The molecular weight excluding hydrogens is 332 g/mol. The zero-order chi connectivity index (χ0) is 18.6. The van der Waals surface area contributed by atoms with Gasteiger partial charge in [-0.2, -0.15) is 0 Å². The van der Waals surface area contributed by atoms with E-state index in [0.29, 0.717) is 6.61 Å². The Morgan fingerprint density at radius 1 is 1.07 bits per heavy atom. The van der Waals surface area contributed by atoms with Gasteiger partial charge in [-0.25, -0.2) is 0 Å². The van der Waals surface area contributed by atoms with Gasteiger partial charge in [0.2, 0.25) is 0 Å². The van der Waals surface area contributed by atoms with Crippen molar-refractivity contribution in [2.24, 2.45) is 0 Å². The van der Waals surface area contributed by atoms with Gasteiger partial charge in [0.15, 0.2) is 0 Å². The van der Waals surface area contributed by atoms with Crippen molar-refractivity contribution in [2.45, 2.75) is 20.3 Å². The zero-order valence-electron chi connectivity index (χ0n) is 15.9. The second-order valence-corrected chi connectivity index (χ2v) is 6.95. The fourth-order valence-corrected chi connectivity index (χ4v) is 3.43. The Bertz CT molecular complexity index is 977. The third kappa shape index (κ3) is 3.85. The van der Waals surface area contributed by atoms with Crippen LogP contribution in [0.2, 0.25) is 0 Å². The van der Waals surface area contributed by atoms with Crippen molar-refractivity contribution in [2.75, 3.05) is 25.0 Å². The Kier molecular flexibility index (Phi) is 4.89. The van der Waals surface area contributed by atoms with E-state index in [2.05, 4.69) is 84.9 Å². The summed E-state index contributed by atoms with van der Waals surface area (Å²) in [5.41, 5.74) is 8.15.